The highest BCUT2D eigenvalue weighted by Gasteiger charge is 2.29. The lowest BCUT2D eigenvalue weighted by Crippen LogP contribution is -2.29. The molecule has 0 unspecified atom stereocenters. The number of rotatable bonds is 3. The Hall–Kier alpha value is -0.120. The summed E-state index contributed by atoms with van der Waals surface area (Å²) in [5, 5.41) is 0. The van der Waals surface area contributed by atoms with Gasteiger partial charge in [0.15, 0.2) is 6.29 Å². The average Bonchev–Trinajstić information content (AvgIpc) is 2.39. The molecule has 0 N–H and O–H groups in total. The van der Waals surface area contributed by atoms with Crippen LogP contribution in [-0.2, 0) is 14.2 Å². The lowest BCUT2D eigenvalue weighted by atomic mass is 10.1. The van der Waals surface area contributed by atoms with Gasteiger partial charge in [0, 0.05) is 20.8 Å². The normalized spacial score (nSPS) is 31.6. The minimum absolute atomic E-state index is 0.125. The Morgan fingerprint density at radius 2 is 2.00 bits per heavy atom. The minimum atomic E-state index is -0.194. The van der Waals surface area contributed by atoms with E-state index in [2.05, 4.69) is 6.92 Å². The molecule has 0 aromatic heterocycles. The molecule has 11 heavy (non-hydrogen) atoms. The van der Waals surface area contributed by atoms with Gasteiger partial charge in [0.2, 0.25) is 0 Å². The molecule has 0 saturated carbocycles. The van der Waals surface area contributed by atoms with E-state index in [1.165, 1.54) is 0 Å². The molecule has 1 aliphatic heterocycles. The average molecular weight is 160 g/mol. The lowest BCUT2D eigenvalue weighted by molar-refractivity contribution is -0.167. The van der Waals surface area contributed by atoms with Crippen LogP contribution >= 0.6 is 0 Å². The molecule has 0 bridgehead atoms. The van der Waals surface area contributed by atoms with Crippen molar-refractivity contribution in [2.75, 3.05) is 20.8 Å². The number of hydrogen-bond acceptors (Lipinski definition) is 3. The molecule has 66 valence electrons. The van der Waals surface area contributed by atoms with Crippen molar-refractivity contribution >= 4 is 0 Å². The topological polar surface area (TPSA) is 27.7 Å². The molecule has 2 atom stereocenters. The van der Waals surface area contributed by atoms with Crippen molar-refractivity contribution in [2.45, 2.75) is 25.7 Å². The van der Waals surface area contributed by atoms with Crippen molar-refractivity contribution in [3.63, 3.8) is 0 Å². The smallest absolute Gasteiger partial charge is 0.183 e. The van der Waals surface area contributed by atoms with Crippen molar-refractivity contribution < 1.29 is 14.2 Å². The summed E-state index contributed by atoms with van der Waals surface area (Å²) in [5.41, 5.74) is 0. The Balaban J connectivity index is 2.34. The van der Waals surface area contributed by atoms with Gasteiger partial charge in [0.05, 0.1) is 0 Å². The first kappa shape index (κ1) is 8.97. The zero-order valence-corrected chi connectivity index (χ0v) is 7.37. The summed E-state index contributed by atoms with van der Waals surface area (Å²) in [4.78, 5) is 0. The van der Waals surface area contributed by atoms with E-state index in [1.807, 2.05) is 0 Å². The highest BCUT2D eigenvalue weighted by atomic mass is 16.7. The lowest BCUT2D eigenvalue weighted by Gasteiger charge is -2.19. The van der Waals surface area contributed by atoms with E-state index in [1.54, 1.807) is 14.2 Å². The van der Waals surface area contributed by atoms with Gasteiger partial charge in [-0.05, 0) is 12.3 Å². The zero-order chi connectivity index (χ0) is 8.27. The first-order valence-corrected chi connectivity index (χ1v) is 3.95. The Labute approximate surface area is 67.6 Å². The summed E-state index contributed by atoms with van der Waals surface area (Å²) >= 11 is 0. The SMILES string of the molecule is COC(OC)[C@H]1C[C@@H](C)CO1. The van der Waals surface area contributed by atoms with Gasteiger partial charge in [-0.15, -0.1) is 0 Å². The Bertz CT molecular complexity index is 112. The molecule has 1 saturated heterocycles. The van der Waals surface area contributed by atoms with Gasteiger partial charge in [0.25, 0.3) is 0 Å². The minimum Gasteiger partial charge on any atom is -0.373 e. The van der Waals surface area contributed by atoms with E-state index in [0.29, 0.717) is 5.92 Å². The first-order chi connectivity index (χ1) is 5.27. The third kappa shape index (κ3) is 2.15. The maximum absolute atomic E-state index is 5.46. The molecule has 1 fully saturated rings. The van der Waals surface area contributed by atoms with Crippen molar-refractivity contribution in [3.8, 4) is 0 Å². The molecule has 3 heteroatoms. The standard InChI is InChI=1S/C8H16O3/c1-6-4-7(11-5-6)8(9-2)10-3/h6-8H,4-5H2,1-3H3/t6-,7-/m1/s1. The van der Waals surface area contributed by atoms with Gasteiger partial charge in [-0.2, -0.15) is 0 Å². The van der Waals surface area contributed by atoms with E-state index in [0.717, 1.165) is 13.0 Å². The summed E-state index contributed by atoms with van der Waals surface area (Å²) in [6, 6.07) is 0. The van der Waals surface area contributed by atoms with Crippen molar-refractivity contribution in [3.05, 3.63) is 0 Å². The molecule has 0 aliphatic carbocycles. The van der Waals surface area contributed by atoms with Gasteiger partial charge in [-0.3, -0.25) is 0 Å². The second-order valence-corrected chi connectivity index (χ2v) is 3.05. The zero-order valence-electron chi connectivity index (χ0n) is 7.37. The maximum atomic E-state index is 5.46. The molecule has 1 rings (SSSR count). The van der Waals surface area contributed by atoms with Crippen LogP contribution in [0.3, 0.4) is 0 Å². The first-order valence-electron chi connectivity index (χ1n) is 3.95. The Morgan fingerprint density at radius 1 is 1.36 bits per heavy atom. The number of ether oxygens (including phenoxy) is 3. The second-order valence-electron chi connectivity index (χ2n) is 3.05. The fourth-order valence-electron chi connectivity index (χ4n) is 1.41. The van der Waals surface area contributed by atoms with Gasteiger partial charge >= 0.3 is 0 Å². The van der Waals surface area contributed by atoms with E-state index in [4.69, 9.17) is 14.2 Å². The predicted molar refractivity (Wildman–Crippen MR) is 41.3 cm³/mol. The third-order valence-corrected chi connectivity index (χ3v) is 2.00. The Morgan fingerprint density at radius 3 is 2.36 bits per heavy atom. The van der Waals surface area contributed by atoms with Crippen LogP contribution in [0.25, 0.3) is 0 Å². The van der Waals surface area contributed by atoms with Crippen molar-refractivity contribution in [1.82, 2.24) is 0 Å². The van der Waals surface area contributed by atoms with Gasteiger partial charge in [0.1, 0.15) is 6.10 Å². The summed E-state index contributed by atoms with van der Waals surface area (Å²) in [5.74, 6) is 0.632. The number of hydrogen-bond donors (Lipinski definition) is 0. The Kier molecular flexibility index (Phi) is 3.30. The summed E-state index contributed by atoms with van der Waals surface area (Å²) in [6.07, 6.45) is 0.965. The molecule has 3 nitrogen and oxygen atoms in total. The molecule has 1 heterocycles. The van der Waals surface area contributed by atoms with Crippen LogP contribution in [-0.4, -0.2) is 33.2 Å². The summed E-state index contributed by atoms with van der Waals surface area (Å²) < 4.78 is 15.6. The molecule has 0 spiro atoms. The number of methoxy groups -OCH3 is 2. The van der Waals surface area contributed by atoms with E-state index < -0.39 is 0 Å². The van der Waals surface area contributed by atoms with Gasteiger partial charge in [-0.25, -0.2) is 0 Å². The largest absolute Gasteiger partial charge is 0.373 e. The summed E-state index contributed by atoms with van der Waals surface area (Å²) in [6.45, 7) is 3.00. The maximum Gasteiger partial charge on any atom is 0.183 e. The molecule has 0 aromatic rings. The van der Waals surface area contributed by atoms with Crippen LogP contribution in [0.4, 0.5) is 0 Å². The predicted octanol–water partition coefficient (Wildman–Crippen LogP) is 1.03. The molecule has 1 aliphatic rings. The van der Waals surface area contributed by atoms with Crippen LogP contribution in [0.1, 0.15) is 13.3 Å². The van der Waals surface area contributed by atoms with Gasteiger partial charge < -0.3 is 14.2 Å². The van der Waals surface area contributed by atoms with Crippen LogP contribution in [0.2, 0.25) is 0 Å². The fraction of sp³-hybridized carbons (Fsp3) is 1.00. The van der Waals surface area contributed by atoms with Gasteiger partial charge in [-0.1, -0.05) is 6.92 Å². The molecule has 0 amide bonds. The quantitative estimate of drug-likeness (QED) is 0.577. The van der Waals surface area contributed by atoms with Crippen LogP contribution < -0.4 is 0 Å². The monoisotopic (exact) mass is 160 g/mol. The molecule has 0 radical (unpaired) electrons. The van der Waals surface area contributed by atoms with Crippen LogP contribution in [0.15, 0.2) is 0 Å². The second kappa shape index (κ2) is 4.04. The molecular weight excluding hydrogens is 144 g/mol. The fourth-order valence-corrected chi connectivity index (χ4v) is 1.41. The molecule has 0 aromatic carbocycles. The van der Waals surface area contributed by atoms with Crippen LogP contribution in [0, 0.1) is 5.92 Å². The van der Waals surface area contributed by atoms with Crippen molar-refractivity contribution in [2.24, 2.45) is 5.92 Å². The van der Waals surface area contributed by atoms with E-state index >= 15 is 0 Å². The molecular formula is C8H16O3. The highest BCUT2D eigenvalue weighted by Crippen LogP contribution is 2.22. The van der Waals surface area contributed by atoms with E-state index in [9.17, 15) is 0 Å². The highest BCUT2D eigenvalue weighted by molar-refractivity contribution is 4.72. The van der Waals surface area contributed by atoms with Crippen molar-refractivity contribution in [1.29, 1.82) is 0 Å². The third-order valence-electron chi connectivity index (χ3n) is 2.00. The summed E-state index contributed by atoms with van der Waals surface area (Å²) in [7, 11) is 3.28. The van der Waals surface area contributed by atoms with E-state index in [-0.39, 0.29) is 12.4 Å². The van der Waals surface area contributed by atoms with Crippen LogP contribution in [0.5, 0.6) is 0 Å².